The van der Waals surface area contributed by atoms with Crippen LogP contribution >= 0.6 is 11.8 Å². The third-order valence-corrected chi connectivity index (χ3v) is 9.28. The first kappa shape index (κ1) is 24.6. The number of nitrogens with zero attached hydrogens (tertiary/aromatic N) is 1. The maximum atomic E-state index is 12.5. The zero-order valence-corrected chi connectivity index (χ0v) is 21.5. The highest BCUT2D eigenvalue weighted by atomic mass is 32.2. The van der Waals surface area contributed by atoms with Crippen LogP contribution in [0, 0.1) is 23.7 Å². The van der Waals surface area contributed by atoms with Gasteiger partial charge in [0.1, 0.15) is 12.0 Å². The molecule has 0 aromatic heterocycles. The van der Waals surface area contributed by atoms with Crippen LogP contribution in [0.2, 0.25) is 0 Å². The fourth-order valence-corrected chi connectivity index (χ4v) is 7.53. The van der Waals surface area contributed by atoms with Gasteiger partial charge in [0.15, 0.2) is 11.9 Å². The second-order valence-corrected chi connectivity index (χ2v) is 12.1. The third kappa shape index (κ3) is 4.19. The average molecular weight is 472 g/mol. The molecule has 4 saturated heterocycles. The van der Waals surface area contributed by atoms with Crippen molar-refractivity contribution in [2.24, 2.45) is 23.7 Å². The van der Waals surface area contributed by atoms with Crippen molar-refractivity contribution in [3.63, 3.8) is 0 Å². The van der Waals surface area contributed by atoms with Crippen LogP contribution in [0.4, 0.5) is 4.79 Å². The molecule has 184 valence electrons. The Hall–Kier alpha value is -0.540. The van der Waals surface area contributed by atoms with E-state index in [4.69, 9.17) is 24.0 Å². The Kier molecular flexibility index (Phi) is 7.11. The summed E-state index contributed by atoms with van der Waals surface area (Å²) >= 11 is 1.71. The molecule has 32 heavy (non-hydrogen) atoms. The smallest absolute Gasteiger partial charge is 0.410 e. The first-order chi connectivity index (χ1) is 15.1. The number of hydrogen-bond donors (Lipinski definition) is 0. The Morgan fingerprint density at radius 2 is 1.81 bits per heavy atom. The molecule has 2 bridgehead atoms. The molecule has 5 rings (SSSR count). The van der Waals surface area contributed by atoms with Gasteiger partial charge in [0.05, 0.1) is 0 Å². The van der Waals surface area contributed by atoms with E-state index in [1.54, 1.807) is 16.7 Å². The molecule has 1 spiro atoms. The van der Waals surface area contributed by atoms with Gasteiger partial charge in [0.25, 0.3) is 0 Å². The van der Waals surface area contributed by atoms with Crippen molar-refractivity contribution < 1.29 is 28.8 Å². The lowest BCUT2D eigenvalue weighted by Crippen LogP contribution is -2.70. The summed E-state index contributed by atoms with van der Waals surface area (Å²) < 4.78 is 18.6. The molecule has 0 N–H and O–H groups in total. The second-order valence-electron chi connectivity index (χ2n) is 10.9. The van der Waals surface area contributed by atoms with E-state index in [2.05, 4.69) is 13.8 Å². The van der Waals surface area contributed by atoms with Crippen LogP contribution in [-0.4, -0.2) is 58.6 Å². The molecule has 1 amide bonds. The molecule has 8 heteroatoms. The molecule has 8 atom stereocenters. The van der Waals surface area contributed by atoms with Crippen LogP contribution in [0.1, 0.15) is 74.1 Å². The number of carbonyl (C=O) groups excluding carboxylic acids is 1. The molecular formula is C24H41NO6S. The predicted molar refractivity (Wildman–Crippen MR) is 123 cm³/mol. The van der Waals surface area contributed by atoms with E-state index < -0.39 is 17.7 Å². The summed E-state index contributed by atoms with van der Waals surface area (Å²) in [7, 11) is 0. The lowest BCUT2D eigenvalue weighted by Gasteiger charge is -2.60. The number of ether oxygens (including phenoxy) is 3. The largest absolute Gasteiger partial charge is 0.449 e. The summed E-state index contributed by atoms with van der Waals surface area (Å²) in [4.78, 5) is 26.3. The molecule has 5 aliphatic rings. The van der Waals surface area contributed by atoms with Gasteiger partial charge in [-0.1, -0.05) is 13.8 Å². The Morgan fingerprint density at radius 3 is 2.50 bits per heavy atom. The summed E-state index contributed by atoms with van der Waals surface area (Å²) in [5.74, 6) is 1.49. The molecule has 4 heterocycles. The minimum Gasteiger partial charge on any atom is -0.449 e. The van der Waals surface area contributed by atoms with Crippen molar-refractivity contribution in [2.75, 3.05) is 12.4 Å². The molecule has 0 radical (unpaired) electrons. The second kappa shape index (κ2) is 9.25. The summed E-state index contributed by atoms with van der Waals surface area (Å²) in [6.45, 7) is 14.9. The summed E-state index contributed by atoms with van der Waals surface area (Å²) in [5.41, 5.74) is -0.549. The van der Waals surface area contributed by atoms with E-state index in [1.807, 2.05) is 34.6 Å². The maximum Gasteiger partial charge on any atom is 0.410 e. The highest BCUT2D eigenvalue weighted by Crippen LogP contribution is 2.61. The lowest BCUT2D eigenvalue weighted by atomic mass is 9.58. The normalized spacial score (nSPS) is 43.2. The maximum absolute atomic E-state index is 12.5. The summed E-state index contributed by atoms with van der Waals surface area (Å²) in [6, 6.07) is 0.224. The predicted octanol–water partition coefficient (Wildman–Crippen LogP) is 5.18. The van der Waals surface area contributed by atoms with Gasteiger partial charge in [-0.25, -0.2) is 14.6 Å². The van der Waals surface area contributed by atoms with Crippen LogP contribution in [-0.2, 0) is 24.0 Å². The van der Waals surface area contributed by atoms with Crippen molar-refractivity contribution in [1.82, 2.24) is 4.90 Å². The highest BCUT2D eigenvalue weighted by molar-refractivity contribution is 7.99. The minimum absolute atomic E-state index is 0.0266. The number of hydrogen-bond acceptors (Lipinski definition) is 7. The fraction of sp³-hybridized carbons (Fsp3) is 0.958. The highest BCUT2D eigenvalue weighted by Gasteiger charge is 2.69. The number of thioether (sulfide) groups is 1. The van der Waals surface area contributed by atoms with Crippen LogP contribution in [0.3, 0.4) is 0 Å². The Bertz CT molecular complexity index is 683. The van der Waals surface area contributed by atoms with Crippen LogP contribution in [0.25, 0.3) is 0 Å². The van der Waals surface area contributed by atoms with Crippen LogP contribution in [0.5, 0.6) is 0 Å². The number of fused-ring (bicyclic) bond motifs is 2. The molecule has 0 unspecified atom stereocenters. The van der Waals surface area contributed by atoms with E-state index in [-0.39, 0.29) is 23.6 Å². The molecule has 5 fully saturated rings. The van der Waals surface area contributed by atoms with E-state index in [1.165, 1.54) is 6.42 Å². The van der Waals surface area contributed by atoms with Crippen molar-refractivity contribution in [3.8, 4) is 0 Å². The summed E-state index contributed by atoms with van der Waals surface area (Å²) in [6.07, 6.45) is 3.47. The number of carbonyl (C=O) groups is 1. The first-order valence-electron chi connectivity index (χ1n) is 12.4. The fourth-order valence-electron chi connectivity index (χ4n) is 6.45. The van der Waals surface area contributed by atoms with E-state index >= 15 is 0 Å². The Balaban J connectivity index is 1.40. The van der Waals surface area contributed by atoms with Gasteiger partial charge < -0.3 is 19.1 Å². The van der Waals surface area contributed by atoms with Gasteiger partial charge in [-0.05, 0) is 71.6 Å². The zero-order chi connectivity index (χ0) is 23.3. The van der Waals surface area contributed by atoms with Crippen molar-refractivity contribution in [1.29, 1.82) is 0 Å². The molecule has 0 aromatic carbocycles. The standard InChI is InChI=1S/C24H41NO6S/c1-14(2)25(15(3)4)22(26)27-12-13-32-20-17(6)19-9-8-16(5)18-10-11-23(7)29-21(28-20)24(18,19)31-30-23/h14-21H,8-13H2,1-7H3/t16-,17-,18+,19+,20+,21-,23+,24-/m1/s1. The average Bonchev–Trinajstić information content (AvgIpc) is 2.94. The molecule has 1 aliphatic carbocycles. The van der Waals surface area contributed by atoms with Crippen molar-refractivity contribution >= 4 is 17.9 Å². The topological polar surface area (TPSA) is 66.5 Å². The zero-order valence-electron chi connectivity index (χ0n) is 20.7. The minimum atomic E-state index is -0.750. The van der Waals surface area contributed by atoms with Gasteiger partial charge >= 0.3 is 6.09 Å². The quantitative estimate of drug-likeness (QED) is 0.390. The van der Waals surface area contributed by atoms with Gasteiger partial charge in [-0.2, -0.15) is 0 Å². The number of amides is 1. The van der Waals surface area contributed by atoms with E-state index in [0.29, 0.717) is 36.0 Å². The van der Waals surface area contributed by atoms with Crippen molar-refractivity contribution in [2.45, 2.75) is 109 Å². The molecule has 1 saturated carbocycles. The van der Waals surface area contributed by atoms with Gasteiger partial charge in [0.2, 0.25) is 5.79 Å². The molecule has 0 aromatic rings. The monoisotopic (exact) mass is 471 g/mol. The SMILES string of the molecule is CC(C)N(C(=O)OCCS[C@@H]1O[C@@H]2O[C@]3(C)CC[C@H]4[C@H](C)CC[C@@H]([C@H]1C)[C@@]24OO3)C(C)C. The van der Waals surface area contributed by atoms with E-state index in [0.717, 1.165) is 19.3 Å². The first-order valence-corrected chi connectivity index (χ1v) is 13.4. The lowest BCUT2D eigenvalue weighted by molar-refractivity contribution is -0.568. The van der Waals surface area contributed by atoms with Gasteiger partial charge in [0, 0.05) is 30.2 Å². The van der Waals surface area contributed by atoms with E-state index in [9.17, 15) is 4.79 Å². The molecular weight excluding hydrogens is 430 g/mol. The molecule has 7 nitrogen and oxygen atoms in total. The number of rotatable bonds is 6. The summed E-state index contributed by atoms with van der Waals surface area (Å²) in [5, 5.41) is 0. The Morgan fingerprint density at radius 1 is 1.09 bits per heavy atom. The molecule has 4 aliphatic heterocycles. The van der Waals surface area contributed by atoms with Crippen LogP contribution in [0.15, 0.2) is 0 Å². The Labute approximate surface area is 197 Å². The van der Waals surface area contributed by atoms with Crippen molar-refractivity contribution in [3.05, 3.63) is 0 Å². The third-order valence-electron chi connectivity index (χ3n) is 8.01. The van der Waals surface area contributed by atoms with Crippen LogP contribution < -0.4 is 0 Å². The van der Waals surface area contributed by atoms with Gasteiger partial charge in [-0.15, -0.1) is 11.8 Å². The van der Waals surface area contributed by atoms with Gasteiger partial charge in [-0.3, -0.25) is 0 Å².